The van der Waals surface area contributed by atoms with Crippen molar-refractivity contribution in [1.82, 2.24) is 5.16 Å². The van der Waals surface area contributed by atoms with Gasteiger partial charge in [0.1, 0.15) is 4.99 Å². The van der Waals surface area contributed by atoms with E-state index in [9.17, 15) is 0 Å². The minimum atomic E-state index is 0.299. The number of benzene rings is 1. The number of rotatable bonds is 4. The number of aromatic nitrogens is 1. The molecule has 0 aliphatic rings. The van der Waals surface area contributed by atoms with Crippen LogP contribution < -0.4 is 11.1 Å². The molecule has 3 N–H and O–H groups in total. The minimum Gasteiger partial charge on any atom is -0.389 e. The predicted molar refractivity (Wildman–Crippen MR) is 71.2 cm³/mol. The van der Waals surface area contributed by atoms with Gasteiger partial charge in [-0.3, -0.25) is 0 Å². The van der Waals surface area contributed by atoms with Gasteiger partial charge in [-0.1, -0.05) is 29.0 Å². The zero-order valence-electron chi connectivity index (χ0n) is 8.81. The monoisotopic (exact) mass is 267 g/mol. The SMILES string of the molecule is NC(=S)c1cc(Cl)ccc1NCc1ccno1. The number of halogens is 1. The molecule has 0 saturated heterocycles. The van der Waals surface area contributed by atoms with Crippen LogP contribution in [0.15, 0.2) is 35.0 Å². The second kappa shape index (κ2) is 5.16. The fourth-order valence-corrected chi connectivity index (χ4v) is 1.73. The quantitative estimate of drug-likeness (QED) is 0.834. The van der Waals surface area contributed by atoms with Crippen molar-refractivity contribution in [3.05, 3.63) is 46.8 Å². The van der Waals surface area contributed by atoms with Crippen molar-refractivity contribution < 1.29 is 4.52 Å². The van der Waals surface area contributed by atoms with Gasteiger partial charge in [0.05, 0.1) is 12.7 Å². The Kier molecular flexibility index (Phi) is 3.61. The van der Waals surface area contributed by atoms with Crippen LogP contribution in [0.5, 0.6) is 0 Å². The molecule has 0 amide bonds. The van der Waals surface area contributed by atoms with Gasteiger partial charge in [0.25, 0.3) is 0 Å². The van der Waals surface area contributed by atoms with E-state index in [0.29, 0.717) is 22.1 Å². The number of nitrogens with one attached hydrogen (secondary N) is 1. The third-order valence-corrected chi connectivity index (χ3v) is 2.65. The van der Waals surface area contributed by atoms with Gasteiger partial charge < -0.3 is 15.6 Å². The number of hydrogen-bond donors (Lipinski definition) is 2. The van der Waals surface area contributed by atoms with E-state index in [1.807, 2.05) is 6.07 Å². The number of nitrogens with two attached hydrogens (primary N) is 1. The van der Waals surface area contributed by atoms with E-state index in [-0.39, 0.29) is 0 Å². The molecule has 6 heteroatoms. The fourth-order valence-electron chi connectivity index (χ4n) is 1.39. The first-order valence-corrected chi connectivity index (χ1v) is 5.68. The van der Waals surface area contributed by atoms with Crippen LogP contribution in [0, 0.1) is 0 Å². The lowest BCUT2D eigenvalue weighted by molar-refractivity contribution is 0.388. The summed E-state index contributed by atoms with van der Waals surface area (Å²) in [4.78, 5) is 0.299. The summed E-state index contributed by atoms with van der Waals surface area (Å²) in [6.07, 6.45) is 1.59. The third kappa shape index (κ3) is 2.95. The van der Waals surface area contributed by atoms with Crippen LogP contribution in [0.3, 0.4) is 0 Å². The zero-order chi connectivity index (χ0) is 12.3. The summed E-state index contributed by atoms with van der Waals surface area (Å²) in [7, 11) is 0. The topological polar surface area (TPSA) is 64.1 Å². The van der Waals surface area contributed by atoms with Crippen molar-refractivity contribution in [2.75, 3.05) is 5.32 Å². The van der Waals surface area contributed by atoms with E-state index in [1.165, 1.54) is 0 Å². The number of anilines is 1. The summed E-state index contributed by atoms with van der Waals surface area (Å²) in [5, 5.41) is 7.38. The predicted octanol–water partition coefficient (Wildman–Crippen LogP) is 2.57. The molecule has 0 aliphatic heterocycles. The van der Waals surface area contributed by atoms with Gasteiger partial charge in [-0.25, -0.2) is 0 Å². The van der Waals surface area contributed by atoms with Gasteiger partial charge in [0.2, 0.25) is 0 Å². The zero-order valence-corrected chi connectivity index (χ0v) is 10.4. The summed E-state index contributed by atoms with van der Waals surface area (Å²) in [6.45, 7) is 0.511. The standard InChI is InChI=1S/C11H10ClN3OS/c12-7-1-2-10(9(5-7)11(13)17)14-6-8-3-4-15-16-8/h1-5,14H,6H2,(H2,13,17). The summed E-state index contributed by atoms with van der Waals surface area (Å²) in [5.74, 6) is 0.730. The lowest BCUT2D eigenvalue weighted by atomic mass is 10.1. The molecule has 0 atom stereocenters. The smallest absolute Gasteiger partial charge is 0.155 e. The van der Waals surface area contributed by atoms with Crippen molar-refractivity contribution in [3.8, 4) is 0 Å². The second-order valence-corrected chi connectivity index (χ2v) is 4.26. The maximum Gasteiger partial charge on any atom is 0.155 e. The molecule has 2 rings (SSSR count). The van der Waals surface area contributed by atoms with Crippen molar-refractivity contribution in [1.29, 1.82) is 0 Å². The van der Waals surface area contributed by atoms with Crippen molar-refractivity contribution >= 4 is 34.5 Å². The molecule has 0 spiro atoms. The summed E-state index contributed by atoms with van der Waals surface area (Å²) < 4.78 is 4.98. The van der Waals surface area contributed by atoms with Crippen LogP contribution in [-0.2, 0) is 6.54 Å². The Labute approximate surface area is 109 Å². The first kappa shape index (κ1) is 11.9. The first-order valence-electron chi connectivity index (χ1n) is 4.89. The van der Waals surface area contributed by atoms with Crippen LogP contribution in [0.25, 0.3) is 0 Å². The molecule has 1 aromatic carbocycles. The highest BCUT2D eigenvalue weighted by molar-refractivity contribution is 7.80. The Balaban J connectivity index is 2.17. The molecule has 4 nitrogen and oxygen atoms in total. The molecule has 0 saturated carbocycles. The Morgan fingerprint density at radius 3 is 2.94 bits per heavy atom. The molecule has 0 fully saturated rings. The summed E-state index contributed by atoms with van der Waals surface area (Å²) in [5.41, 5.74) is 7.16. The lowest BCUT2D eigenvalue weighted by Gasteiger charge is -2.10. The Bertz CT molecular complexity index is 528. The molecule has 1 aromatic heterocycles. The molecule has 1 heterocycles. The van der Waals surface area contributed by atoms with Gasteiger partial charge in [0.15, 0.2) is 5.76 Å². The van der Waals surface area contributed by atoms with Crippen LogP contribution in [-0.4, -0.2) is 10.1 Å². The number of nitrogens with zero attached hydrogens (tertiary/aromatic N) is 1. The van der Waals surface area contributed by atoms with Crippen LogP contribution in [0.2, 0.25) is 5.02 Å². The van der Waals surface area contributed by atoms with Gasteiger partial charge >= 0.3 is 0 Å². The van der Waals surface area contributed by atoms with E-state index in [4.69, 9.17) is 34.1 Å². The average molecular weight is 268 g/mol. The normalized spacial score (nSPS) is 10.2. The van der Waals surface area contributed by atoms with Gasteiger partial charge in [-0.2, -0.15) is 0 Å². The maximum atomic E-state index is 5.89. The van der Waals surface area contributed by atoms with Crippen LogP contribution in [0.1, 0.15) is 11.3 Å². The molecule has 88 valence electrons. The molecule has 0 bridgehead atoms. The van der Waals surface area contributed by atoms with Crippen LogP contribution >= 0.6 is 23.8 Å². The van der Waals surface area contributed by atoms with Crippen molar-refractivity contribution in [2.45, 2.75) is 6.54 Å². The Morgan fingerprint density at radius 2 is 2.29 bits per heavy atom. The molecular weight excluding hydrogens is 258 g/mol. The summed E-state index contributed by atoms with van der Waals surface area (Å²) in [6, 6.07) is 7.11. The maximum absolute atomic E-state index is 5.89. The molecule has 0 unspecified atom stereocenters. The molecule has 17 heavy (non-hydrogen) atoms. The average Bonchev–Trinajstić information content (AvgIpc) is 2.80. The number of thiocarbonyl (C=S) groups is 1. The lowest BCUT2D eigenvalue weighted by Crippen LogP contribution is -2.13. The third-order valence-electron chi connectivity index (χ3n) is 2.19. The van der Waals surface area contributed by atoms with Gasteiger partial charge in [0, 0.05) is 22.3 Å². The second-order valence-electron chi connectivity index (χ2n) is 3.39. The Morgan fingerprint density at radius 1 is 1.47 bits per heavy atom. The van der Waals surface area contributed by atoms with Crippen molar-refractivity contribution in [3.63, 3.8) is 0 Å². The van der Waals surface area contributed by atoms with Crippen molar-refractivity contribution in [2.24, 2.45) is 5.73 Å². The van der Waals surface area contributed by atoms with E-state index >= 15 is 0 Å². The first-order chi connectivity index (χ1) is 8.16. The molecular formula is C11H10ClN3OS. The molecule has 2 aromatic rings. The van der Waals surface area contributed by atoms with Crippen LogP contribution in [0.4, 0.5) is 5.69 Å². The highest BCUT2D eigenvalue weighted by atomic mass is 35.5. The molecule has 0 radical (unpaired) electrons. The molecule has 0 aliphatic carbocycles. The van der Waals surface area contributed by atoms with E-state index in [1.54, 1.807) is 24.4 Å². The summed E-state index contributed by atoms with van der Waals surface area (Å²) >= 11 is 10.9. The highest BCUT2D eigenvalue weighted by Crippen LogP contribution is 2.21. The van der Waals surface area contributed by atoms with E-state index in [0.717, 1.165) is 11.4 Å². The number of hydrogen-bond acceptors (Lipinski definition) is 4. The highest BCUT2D eigenvalue weighted by Gasteiger charge is 2.06. The van der Waals surface area contributed by atoms with Gasteiger partial charge in [-0.15, -0.1) is 0 Å². The van der Waals surface area contributed by atoms with E-state index < -0.39 is 0 Å². The minimum absolute atomic E-state index is 0.299. The van der Waals surface area contributed by atoms with E-state index in [2.05, 4.69) is 10.5 Å². The van der Waals surface area contributed by atoms with Gasteiger partial charge in [-0.05, 0) is 18.2 Å². The Hall–Kier alpha value is -1.59. The largest absolute Gasteiger partial charge is 0.389 e. The fraction of sp³-hybridized carbons (Fsp3) is 0.0909.